The number of nitrogens with zero attached hydrogens (tertiary/aromatic N) is 2. The molecule has 3 heterocycles. The van der Waals surface area contributed by atoms with Crippen molar-refractivity contribution in [1.82, 2.24) is 9.80 Å². The Bertz CT molecular complexity index is 827. The minimum atomic E-state index is -0.144. The van der Waals surface area contributed by atoms with E-state index in [0.717, 1.165) is 16.9 Å². The molecule has 4 rings (SSSR count). The van der Waals surface area contributed by atoms with Crippen LogP contribution in [-0.4, -0.2) is 61.1 Å². The van der Waals surface area contributed by atoms with E-state index < -0.39 is 0 Å². The van der Waals surface area contributed by atoms with Gasteiger partial charge in [-0.3, -0.25) is 9.59 Å². The molecule has 2 aromatic rings. The van der Waals surface area contributed by atoms with Crippen LogP contribution in [0, 0.1) is 0 Å². The van der Waals surface area contributed by atoms with Crippen LogP contribution < -0.4 is 4.74 Å². The topological polar surface area (TPSA) is 72.2 Å². The first-order valence-electron chi connectivity index (χ1n) is 9.63. The highest BCUT2D eigenvalue weighted by molar-refractivity contribution is 5.91. The Labute approximate surface area is 163 Å². The Morgan fingerprint density at radius 1 is 1.00 bits per heavy atom. The molecule has 1 saturated heterocycles. The van der Waals surface area contributed by atoms with Crippen LogP contribution in [0.3, 0.4) is 0 Å². The Hall–Kier alpha value is -2.80. The van der Waals surface area contributed by atoms with E-state index in [1.54, 1.807) is 17.0 Å². The summed E-state index contributed by atoms with van der Waals surface area (Å²) in [7, 11) is 0. The van der Waals surface area contributed by atoms with Gasteiger partial charge in [0.1, 0.15) is 12.4 Å². The maximum absolute atomic E-state index is 12.6. The van der Waals surface area contributed by atoms with Gasteiger partial charge in [-0.05, 0) is 30.2 Å². The van der Waals surface area contributed by atoms with Gasteiger partial charge in [0.2, 0.25) is 5.91 Å². The molecule has 2 aliphatic heterocycles. The van der Waals surface area contributed by atoms with E-state index in [1.165, 1.54) is 6.26 Å². The van der Waals surface area contributed by atoms with Gasteiger partial charge < -0.3 is 23.7 Å². The van der Waals surface area contributed by atoms with Crippen molar-refractivity contribution >= 4 is 11.8 Å². The maximum atomic E-state index is 12.6. The van der Waals surface area contributed by atoms with E-state index in [1.807, 2.05) is 23.1 Å². The van der Waals surface area contributed by atoms with Gasteiger partial charge in [-0.1, -0.05) is 12.1 Å². The molecule has 1 fully saturated rings. The number of aryl methyl sites for hydroxylation is 1. The number of rotatable bonds is 4. The van der Waals surface area contributed by atoms with Crippen molar-refractivity contribution in [2.45, 2.75) is 19.4 Å². The summed E-state index contributed by atoms with van der Waals surface area (Å²) in [6.07, 6.45) is 2.63. The Kier molecular flexibility index (Phi) is 5.62. The molecule has 148 valence electrons. The van der Waals surface area contributed by atoms with Crippen molar-refractivity contribution in [3.63, 3.8) is 0 Å². The van der Waals surface area contributed by atoms with Crippen LogP contribution in [0.25, 0.3) is 0 Å². The van der Waals surface area contributed by atoms with Crippen molar-refractivity contribution in [2.75, 3.05) is 39.5 Å². The Morgan fingerprint density at radius 2 is 1.82 bits per heavy atom. The summed E-state index contributed by atoms with van der Waals surface area (Å²) in [6, 6.07) is 9.34. The van der Waals surface area contributed by atoms with E-state index in [-0.39, 0.29) is 11.8 Å². The van der Waals surface area contributed by atoms with Crippen molar-refractivity contribution in [3.05, 3.63) is 53.5 Å². The predicted molar refractivity (Wildman–Crippen MR) is 101 cm³/mol. The van der Waals surface area contributed by atoms with Gasteiger partial charge >= 0.3 is 0 Å². The van der Waals surface area contributed by atoms with Crippen LogP contribution in [0.1, 0.15) is 28.1 Å². The lowest BCUT2D eigenvalue weighted by molar-refractivity contribution is -0.135. The molecule has 0 saturated carbocycles. The highest BCUT2D eigenvalue weighted by Gasteiger charge is 2.23. The lowest BCUT2D eigenvalue weighted by Gasteiger charge is -2.26. The van der Waals surface area contributed by atoms with Crippen molar-refractivity contribution in [1.29, 1.82) is 0 Å². The minimum absolute atomic E-state index is 0.144. The first-order valence-corrected chi connectivity index (χ1v) is 9.63. The monoisotopic (exact) mass is 384 g/mol. The second-order valence-corrected chi connectivity index (χ2v) is 6.99. The quantitative estimate of drug-likeness (QED) is 0.807. The molecule has 0 unspecified atom stereocenters. The van der Waals surface area contributed by atoms with Gasteiger partial charge in [0.05, 0.1) is 26.0 Å². The first-order chi connectivity index (χ1) is 13.7. The number of carbonyl (C=O) groups excluding carboxylic acids is 2. The molecule has 0 atom stereocenters. The zero-order valence-corrected chi connectivity index (χ0v) is 15.8. The molecule has 0 N–H and O–H groups in total. The standard InChI is InChI=1S/C21H24N2O5/c24-20(22-7-11-26-12-8-22)6-4-16-3-5-18-17(14-16)15-23(9-13-28-18)21(25)19-2-1-10-27-19/h1-3,5,10,14H,4,6-9,11-13,15H2. The molecule has 1 aromatic heterocycles. The van der Waals surface area contributed by atoms with Crippen LogP contribution in [0.4, 0.5) is 0 Å². The summed E-state index contributed by atoms with van der Waals surface area (Å²) < 4.78 is 16.3. The van der Waals surface area contributed by atoms with Crippen molar-refractivity contribution in [2.24, 2.45) is 0 Å². The van der Waals surface area contributed by atoms with Gasteiger partial charge in [-0.15, -0.1) is 0 Å². The molecule has 2 aliphatic rings. The molecule has 7 nitrogen and oxygen atoms in total. The molecule has 0 aliphatic carbocycles. The van der Waals surface area contributed by atoms with Crippen LogP contribution in [-0.2, 0) is 22.5 Å². The molecular weight excluding hydrogens is 360 g/mol. The fraction of sp³-hybridized carbons (Fsp3) is 0.429. The third kappa shape index (κ3) is 4.20. The van der Waals surface area contributed by atoms with Gasteiger partial charge in [0, 0.05) is 31.6 Å². The minimum Gasteiger partial charge on any atom is -0.491 e. The fourth-order valence-electron chi connectivity index (χ4n) is 3.55. The average Bonchev–Trinajstić information content (AvgIpc) is 3.19. The third-order valence-electron chi connectivity index (χ3n) is 5.12. The maximum Gasteiger partial charge on any atom is 0.289 e. The summed E-state index contributed by atoms with van der Waals surface area (Å²) in [5, 5.41) is 0. The van der Waals surface area contributed by atoms with Crippen LogP contribution >= 0.6 is 0 Å². The summed E-state index contributed by atoms with van der Waals surface area (Å²) >= 11 is 0. The number of carbonyl (C=O) groups is 2. The SMILES string of the molecule is O=C(CCc1ccc2c(c1)CN(C(=O)c1ccco1)CCO2)N1CCOCC1. The lowest BCUT2D eigenvalue weighted by atomic mass is 10.0. The highest BCUT2D eigenvalue weighted by atomic mass is 16.5. The zero-order valence-electron chi connectivity index (χ0n) is 15.8. The van der Waals surface area contributed by atoms with Crippen LogP contribution in [0.15, 0.2) is 41.0 Å². The molecule has 2 amide bonds. The second kappa shape index (κ2) is 8.48. The second-order valence-electron chi connectivity index (χ2n) is 6.99. The predicted octanol–water partition coefficient (Wildman–Crippen LogP) is 2.11. The van der Waals surface area contributed by atoms with Gasteiger partial charge in [0.25, 0.3) is 5.91 Å². The number of benzene rings is 1. The van der Waals surface area contributed by atoms with Crippen LogP contribution in [0.2, 0.25) is 0 Å². The smallest absolute Gasteiger partial charge is 0.289 e. The molecule has 7 heteroatoms. The fourth-order valence-corrected chi connectivity index (χ4v) is 3.55. The normalized spacial score (nSPS) is 16.9. The van der Waals surface area contributed by atoms with Gasteiger partial charge in [-0.25, -0.2) is 0 Å². The molecule has 28 heavy (non-hydrogen) atoms. The number of amides is 2. The number of hydrogen-bond acceptors (Lipinski definition) is 5. The zero-order chi connectivity index (χ0) is 19.3. The van der Waals surface area contributed by atoms with Crippen molar-refractivity contribution in [3.8, 4) is 5.75 Å². The molecule has 0 bridgehead atoms. The van der Waals surface area contributed by atoms with Crippen LogP contribution in [0.5, 0.6) is 5.75 Å². The molecule has 1 aromatic carbocycles. The number of fused-ring (bicyclic) bond motifs is 1. The van der Waals surface area contributed by atoms with Gasteiger partial charge in [-0.2, -0.15) is 0 Å². The van der Waals surface area contributed by atoms with E-state index in [4.69, 9.17) is 13.9 Å². The largest absolute Gasteiger partial charge is 0.491 e. The summed E-state index contributed by atoms with van der Waals surface area (Å²) in [6.45, 7) is 3.96. The Balaban J connectivity index is 1.42. The summed E-state index contributed by atoms with van der Waals surface area (Å²) in [5.74, 6) is 1.13. The number of furan rings is 1. The Morgan fingerprint density at radius 3 is 2.61 bits per heavy atom. The third-order valence-corrected chi connectivity index (χ3v) is 5.12. The molecule has 0 spiro atoms. The number of ether oxygens (including phenoxy) is 2. The lowest BCUT2D eigenvalue weighted by Crippen LogP contribution is -2.40. The summed E-state index contributed by atoms with van der Waals surface area (Å²) in [5.41, 5.74) is 2.02. The van der Waals surface area contributed by atoms with E-state index in [9.17, 15) is 9.59 Å². The summed E-state index contributed by atoms with van der Waals surface area (Å²) in [4.78, 5) is 28.6. The van der Waals surface area contributed by atoms with E-state index in [0.29, 0.717) is 64.6 Å². The molecular formula is C21H24N2O5. The van der Waals surface area contributed by atoms with E-state index in [2.05, 4.69) is 0 Å². The average molecular weight is 384 g/mol. The molecule has 0 radical (unpaired) electrons. The number of morpholine rings is 1. The van der Waals surface area contributed by atoms with Crippen molar-refractivity contribution < 1.29 is 23.5 Å². The highest BCUT2D eigenvalue weighted by Crippen LogP contribution is 2.26. The van der Waals surface area contributed by atoms with Gasteiger partial charge in [0.15, 0.2) is 5.76 Å². The van der Waals surface area contributed by atoms with E-state index >= 15 is 0 Å². The number of hydrogen-bond donors (Lipinski definition) is 0. The first kappa shape index (κ1) is 18.6.